The fraction of sp³-hybridized carbons (Fsp3) is 0.595. The van der Waals surface area contributed by atoms with Crippen LogP contribution < -0.4 is 20.4 Å². The molecule has 2 amide bonds. The molecule has 0 aromatic carbocycles. The Hall–Kier alpha value is -3.88. The third-order valence-corrected chi connectivity index (χ3v) is 9.88. The van der Waals surface area contributed by atoms with Crippen LogP contribution in [0, 0.1) is 44.0 Å². The second-order valence-electron chi connectivity index (χ2n) is 14.1. The first-order valence-electron chi connectivity index (χ1n) is 18.9. The first-order valence-corrected chi connectivity index (χ1v) is 18.9. The number of aromatic nitrogens is 5. The molecule has 5 N–H and O–H groups in total. The normalized spacial score (nSPS) is 19.6. The van der Waals surface area contributed by atoms with Crippen LogP contribution in [0.25, 0.3) is 6.15 Å². The van der Waals surface area contributed by atoms with E-state index in [1.54, 1.807) is 0 Å². The van der Waals surface area contributed by atoms with Crippen molar-refractivity contribution in [3.8, 4) is 0 Å². The van der Waals surface area contributed by atoms with E-state index in [4.69, 9.17) is 5.11 Å². The summed E-state index contributed by atoms with van der Waals surface area (Å²) in [6.45, 7) is 5.13. The largest absolute Gasteiger partial charge is 0.693 e. The molecule has 0 atom stereocenters. The van der Waals surface area contributed by atoms with Crippen molar-refractivity contribution < 1.29 is 89.7 Å². The van der Waals surface area contributed by atoms with Crippen LogP contribution in [0.15, 0.2) is 30.7 Å². The van der Waals surface area contributed by atoms with E-state index >= 15 is 0 Å². The maximum atomic E-state index is 13.7. The molecule has 24 heteroatoms. The van der Waals surface area contributed by atoms with Gasteiger partial charge in [-0.25, -0.2) is 22.5 Å². The number of halogens is 10. The number of anilines is 3. The molecule has 3 fully saturated rings. The summed E-state index contributed by atoms with van der Waals surface area (Å²) in [5.74, 6) is -7.22. The Bertz CT molecular complexity index is 1890. The number of hydrogen-bond acceptors (Lipinski definition) is 10. The Morgan fingerprint density at radius 1 is 0.836 bits per heavy atom. The summed E-state index contributed by atoms with van der Waals surface area (Å²) in [7, 11) is 0. The Labute approximate surface area is 369 Å². The third-order valence-electron chi connectivity index (χ3n) is 9.88. The van der Waals surface area contributed by atoms with Crippen molar-refractivity contribution in [3.63, 3.8) is 0 Å². The van der Waals surface area contributed by atoms with E-state index in [0.717, 1.165) is 0 Å². The van der Waals surface area contributed by atoms with Crippen molar-refractivity contribution in [3.05, 3.63) is 65.0 Å². The fourth-order valence-corrected chi connectivity index (χ4v) is 6.71. The number of hydrogen-bond donors (Lipinski definition) is 3. The molecule has 0 bridgehead atoms. The van der Waals surface area contributed by atoms with Gasteiger partial charge in [0.05, 0.1) is 34.9 Å². The van der Waals surface area contributed by atoms with Crippen LogP contribution in [0.5, 0.6) is 0 Å². The molecule has 3 aliphatic rings. The molecule has 13 nitrogen and oxygen atoms in total. The predicted molar refractivity (Wildman–Crippen MR) is 201 cm³/mol. The maximum Gasteiger partial charge on any atom is 0.435 e. The quantitative estimate of drug-likeness (QED) is 0.194. The number of alkyl halides is 10. The number of amides is 2. The molecule has 2 saturated heterocycles. The second kappa shape index (κ2) is 22.5. The molecular weight excluding hydrogens is 1060 g/mol. The van der Waals surface area contributed by atoms with Gasteiger partial charge in [0.15, 0.2) is 11.4 Å². The summed E-state index contributed by atoms with van der Waals surface area (Å²) in [5, 5.41) is 27.9. The SMILES string of the molecule is CC.Cc1c(C(F)(F)F)cnc(N2CCCC(F)(F)CC2)c1C(=O)NC1CC(CO)C1.O=C(Nc1ccnnc1)c1nnc(C(F)(F)F)cc1N1CCCC(F)(F)CC1.[NH2-].[U]. The van der Waals surface area contributed by atoms with Gasteiger partial charge in [-0.05, 0) is 56.2 Å². The van der Waals surface area contributed by atoms with Gasteiger partial charge in [-0.3, -0.25) is 9.59 Å². The van der Waals surface area contributed by atoms with E-state index in [1.807, 2.05) is 13.8 Å². The van der Waals surface area contributed by atoms with E-state index in [0.29, 0.717) is 25.1 Å². The Morgan fingerprint density at radius 2 is 1.43 bits per heavy atom. The van der Waals surface area contributed by atoms with Crippen LogP contribution in [-0.4, -0.2) is 93.0 Å². The zero-order valence-electron chi connectivity index (χ0n) is 33.5. The van der Waals surface area contributed by atoms with Gasteiger partial charge >= 0.3 is 12.4 Å². The smallest absolute Gasteiger partial charge is 0.435 e. The molecule has 61 heavy (non-hydrogen) atoms. The predicted octanol–water partition coefficient (Wildman–Crippen LogP) is 8.44. The van der Waals surface area contributed by atoms with Gasteiger partial charge in [0.25, 0.3) is 11.8 Å². The van der Waals surface area contributed by atoms with E-state index < -0.39 is 65.8 Å². The molecule has 5 heterocycles. The Kier molecular flexibility index (Phi) is 19.6. The van der Waals surface area contributed by atoms with Gasteiger partial charge in [-0.1, -0.05) is 13.8 Å². The monoisotopic (exact) mass is 1110 g/mol. The molecule has 6 rings (SSSR count). The van der Waals surface area contributed by atoms with Crippen LogP contribution in [0.3, 0.4) is 0 Å². The maximum absolute atomic E-state index is 13.7. The number of aliphatic hydroxyl groups is 1. The Morgan fingerprint density at radius 3 is 1.97 bits per heavy atom. The van der Waals surface area contributed by atoms with Crippen LogP contribution in [-0.2, 0) is 12.4 Å². The molecule has 0 radical (unpaired) electrons. The number of rotatable bonds is 7. The molecule has 338 valence electrons. The molecule has 0 spiro atoms. The van der Waals surface area contributed by atoms with Crippen LogP contribution in [0.1, 0.15) is 103 Å². The number of nitrogens with one attached hydrogen (secondary N) is 2. The number of carbonyl (C=O) groups is 2. The summed E-state index contributed by atoms with van der Waals surface area (Å²) < 4.78 is 134. The summed E-state index contributed by atoms with van der Waals surface area (Å²) in [5.41, 5.74) is -3.16. The van der Waals surface area contributed by atoms with Gasteiger partial charge in [-0.15, -0.1) is 10.2 Å². The average molecular weight is 1110 g/mol. The average Bonchev–Trinajstić information content (AvgIpc) is 3.46. The minimum atomic E-state index is -4.79. The van der Waals surface area contributed by atoms with Gasteiger partial charge in [0.1, 0.15) is 5.82 Å². The van der Waals surface area contributed by atoms with Crippen LogP contribution in [0.4, 0.5) is 61.1 Å². The molecule has 3 aromatic heterocycles. The van der Waals surface area contributed by atoms with E-state index in [2.05, 4.69) is 36.0 Å². The van der Waals surface area contributed by atoms with Gasteiger partial charge in [0.2, 0.25) is 11.8 Å². The van der Waals surface area contributed by atoms with Gasteiger partial charge in [0, 0.05) is 102 Å². The second-order valence-corrected chi connectivity index (χ2v) is 14.1. The summed E-state index contributed by atoms with van der Waals surface area (Å²) in [6.07, 6.45) is -6.64. The number of pyridine rings is 1. The van der Waals surface area contributed by atoms with E-state index in [9.17, 15) is 53.5 Å². The molecule has 3 aromatic rings. The fourth-order valence-electron chi connectivity index (χ4n) is 6.71. The minimum Gasteiger partial charge on any atom is -0.693 e. The van der Waals surface area contributed by atoms with Crippen molar-refractivity contribution in [1.82, 2.24) is 30.7 Å². The number of carbonyl (C=O) groups excluding carboxylic acids is 2. The molecule has 0 unspecified atom stereocenters. The number of nitrogens with two attached hydrogens (primary N) is 1. The van der Waals surface area contributed by atoms with Crippen molar-refractivity contribution >= 4 is 29.0 Å². The van der Waals surface area contributed by atoms with Crippen molar-refractivity contribution in [1.29, 1.82) is 0 Å². The van der Waals surface area contributed by atoms with Crippen LogP contribution in [0.2, 0.25) is 0 Å². The molecular formula is C37H47F10N10O3U-. The van der Waals surface area contributed by atoms with Crippen molar-refractivity contribution in [2.24, 2.45) is 5.92 Å². The van der Waals surface area contributed by atoms with E-state index in [1.165, 1.54) is 35.2 Å². The summed E-state index contributed by atoms with van der Waals surface area (Å²) in [6, 6.07) is 1.85. The first kappa shape index (κ1) is 53.3. The van der Waals surface area contributed by atoms with Crippen LogP contribution >= 0.6 is 0 Å². The van der Waals surface area contributed by atoms with Crippen molar-refractivity contribution in [2.45, 2.75) is 102 Å². The topological polar surface area (TPSA) is 183 Å². The standard InChI is InChI=1S/C19H24F5N3O2.C16H15F5N6O.C2H6.H2N.U/c1-11-14(19(22,23)24)9-25-16(27-5-2-3-18(20,21)4-6-27)15(11)17(29)26-13-7-12(8-13)10-28;17-15(18)3-1-6-27(7-4-15)11-8-12(16(19,20)21)25-26-13(11)14(28)24-10-2-5-22-23-9-10;1-2;;/h9,12-13,28H,2-8,10H2,1H3,(H,26,29);2,5,8-9H,1,3-4,6-7H2,(H,22,24,28);1-2H3;1H2;/q;;;-1;. The molecule has 1 saturated carbocycles. The molecule has 1 aliphatic carbocycles. The Balaban J connectivity index is 0.000000392. The zero-order chi connectivity index (χ0) is 43.8. The summed E-state index contributed by atoms with van der Waals surface area (Å²) in [4.78, 5) is 32.1. The van der Waals surface area contributed by atoms with Crippen molar-refractivity contribution in [2.75, 3.05) is 47.9 Å². The molecule has 2 aliphatic heterocycles. The zero-order valence-corrected chi connectivity index (χ0v) is 37.6. The number of nitrogens with zero attached hydrogens (tertiary/aromatic N) is 7. The van der Waals surface area contributed by atoms with E-state index in [-0.39, 0.29) is 136 Å². The van der Waals surface area contributed by atoms with Gasteiger partial charge in [-0.2, -0.15) is 36.5 Å². The third kappa shape index (κ3) is 14.6. The summed E-state index contributed by atoms with van der Waals surface area (Å²) >= 11 is 0. The number of aliphatic hydroxyl groups excluding tert-OH is 1. The first-order chi connectivity index (χ1) is 27.7. The van der Waals surface area contributed by atoms with Gasteiger partial charge < -0.3 is 31.7 Å². The minimum absolute atomic E-state index is 0.